The van der Waals surface area contributed by atoms with Crippen LogP contribution in [0.15, 0.2) is 11.3 Å². The first-order valence-electron chi connectivity index (χ1n) is 6.24. The Morgan fingerprint density at radius 2 is 2.00 bits per heavy atom. The van der Waals surface area contributed by atoms with Gasteiger partial charge in [0.15, 0.2) is 0 Å². The maximum absolute atomic E-state index is 12.0. The summed E-state index contributed by atoms with van der Waals surface area (Å²) in [7, 11) is 0. The second kappa shape index (κ2) is 3.10. The normalized spacial score (nSPS) is 35.5. The molecule has 0 radical (unpaired) electrons. The van der Waals surface area contributed by atoms with Gasteiger partial charge in [-0.1, -0.05) is 12.5 Å². The first kappa shape index (κ1) is 9.44. The van der Waals surface area contributed by atoms with Crippen molar-refractivity contribution in [3.63, 3.8) is 0 Å². The fourth-order valence-corrected chi connectivity index (χ4v) is 3.69. The van der Waals surface area contributed by atoms with Crippen LogP contribution in [0.4, 0.5) is 0 Å². The molecular formula is C13H19NO. The van der Waals surface area contributed by atoms with E-state index < -0.39 is 0 Å². The first-order chi connectivity index (χ1) is 7.21. The molecule has 1 fully saturated rings. The highest BCUT2D eigenvalue weighted by atomic mass is 16.2. The molecule has 82 valence electrons. The van der Waals surface area contributed by atoms with Crippen molar-refractivity contribution >= 4 is 5.91 Å². The minimum absolute atomic E-state index is 0.203. The molecule has 1 unspecified atom stereocenters. The summed E-state index contributed by atoms with van der Waals surface area (Å²) in [5.41, 5.74) is 3.25. The lowest BCUT2D eigenvalue weighted by atomic mass is 9.74. The average molecular weight is 205 g/mol. The van der Waals surface area contributed by atoms with Gasteiger partial charge < -0.3 is 4.90 Å². The highest BCUT2D eigenvalue weighted by Gasteiger charge is 2.47. The summed E-state index contributed by atoms with van der Waals surface area (Å²) in [6.45, 7) is 3.28. The Hall–Kier alpha value is -0.790. The maximum atomic E-state index is 12.0. The van der Waals surface area contributed by atoms with E-state index >= 15 is 0 Å². The molecular weight excluding hydrogens is 186 g/mol. The predicted molar refractivity (Wildman–Crippen MR) is 59.2 cm³/mol. The first-order valence-corrected chi connectivity index (χ1v) is 6.24. The van der Waals surface area contributed by atoms with Crippen LogP contribution in [0.1, 0.15) is 51.9 Å². The highest BCUT2D eigenvalue weighted by molar-refractivity contribution is 5.83. The molecule has 0 N–H and O–H groups in total. The molecule has 3 rings (SSSR count). The molecule has 1 amide bonds. The van der Waals surface area contributed by atoms with Gasteiger partial charge in [-0.3, -0.25) is 4.79 Å². The third-order valence-electron chi connectivity index (χ3n) is 4.34. The van der Waals surface area contributed by atoms with Crippen molar-refractivity contribution in [1.29, 1.82) is 0 Å². The fourth-order valence-electron chi connectivity index (χ4n) is 3.69. The van der Waals surface area contributed by atoms with Gasteiger partial charge in [-0.25, -0.2) is 0 Å². The van der Waals surface area contributed by atoms with Gasteiger partial charge in [0.1, 0.15) is 0 Å². The Morgan fingerprint density at radius 3 is 2.87 bits per heavy atom. The van der Waals surface area contributed by atoms with E-state index in [1.54, 1.807) is 5.57 Å². The summed E-state index contributed by atoms with van der Waals surface area (Å²) < 4.78 is 0. The van der Waals surface area contributed by atoms with Crippen molar-refractivity contribution in [3.8, 4) is 0 Å². The van der Waals surface area contributed by atoms with Crippen molar-refractivity contribution < 1.29 is 4.79 Å². The molecule has 2 nitrogen and oxygen atoms in total. The third kappa shape index (κ3) is 1.27. The number of carbonyl (C=O) groups is 1. The van der Waals surface area contributed by atoms with E-state index in [2.05, 4.69) is 11.8 Å². The maximum Gasteiger partial charge on any atom is 0.227 e. The average Bonchev–Trinajstić information content (AvgIpc) is 2.37. The molecule has 2 aliphatic heterocycles. The van der Waals surface area contributed by atoms with E-state index in [4.69, 9.17) is 0 Å². The molecule has 1 aliphatic carbocycles. The van der Waals surface area contributed by atoms with Crippen LogP contribution in [0.3, 0.4) is 0 Å². The predicted octanol–water partition coefficient (Wildman–Crippen LogP) is 2.85. The Bertz CT molecular complexity index is 344. The van der Waals surface area contributed by atoms with Crippen LogP contribution in [-0.4, -0.2) is 17.4 Å². The van der Waals surface area contributed by atoms with E-state index in [-0.39, 0.29) is 5.41 Å². The van der Waals surface area contributed by atoms with Gasteiger partial charge >= 0.3 is 0 Å². The van der Waals surface area contributed by atoms with Gasteiger partial charge in [-0.15, -0.1) is 0 Å². The Kier molecular flexibility index (Phi) is 1.95. The number of amides is 1. The monoisotopic (exact) mass is 205 g/mol. The summed E-state index contributed by atoms with van der Waals surface area (Å²) in [6, 6.07) is 0. The molecule has 0 bridgehead atoms. The van der Waals surface area contributed by atoms with Crippen LogP contribution in [0.5, 0.6) is 0 Å². The number of carbonyl (C=O) groups excluding carboxylic acids is 1. The van der Waals surface area contributed by atoms with E-state index in [1.807, 2.05) is 0 Å². The van der Waals surface area contributed by atoms with Gasteiger partial charge in [0.2, 0.25) is 5.91 Å². The van der Waals surface area contributed by atoms with Crippen LogP contribution >= 0.6 is 0 Å². The molecule has 0 aromatic rings. The highest BCUT2D eigenvalue weighted by Crippen LogP contribution is 2.51. The van der Waals surface area contributed by atoms with Crippen LogP contribution in [-0.2, 0) is 4.79 Å². The number of nitrogens with zero attached hydrogens (tertiary/aromatic N) is 1. The summed E-state index contributed by atoms with van der Waals surface area (Å²) in [4.78, 5) is 14.1. The van der Waals surface area contributed by atoms with Crippen molar-refractivity contribution in [2.24, 2.45) is 5.41 Å². The molecule has 0 spiro atoms. The van der Waals surface area contributed by atoms with Gasteiger partial charge in [0, 0.05) is 24.1 Å². The van der Waals surface area contributed by atoms with Gasteiger partial charge in [0.25, 0.3) is 0 Å². The van der Waals surface area contributed by atoms with Crippen molar-refractivity contribution in [1.82, 2.24) is 4.90 Å². The van der Waals surface area contributed by atoms with E-state index in [9.17, 15) is 4.79 Å². The zero-order valence-corrected chi connectivity index (χ0v) is 9.51. The lowest BCUT2D eigenvalue weighted by Gasteiger charge is -2.33. The number of hydrogen-bond donors (Lipinski definition) is 0. The molecule has 2 heterocycles. The molecule has 2 heteroatoms. The minimum atomic E-state index is 0.203. The molecule has 3 aliphatic rings. The van der Waals surface area contributed by atoms with E-state index in [0.717, 1.165) is 13.0 Å². The quantitative estimate of drug-likeness (QED) is 0.595. The summed E-state index contributed by atoms with van der Waals surface area (Å²) in [6.07, 6.45) is 8.23. The van der Waals surface area contributed by atoms with Crippen molar-refractivity contribution in [2.75, 3.05) is 6.54 Å². The molecule has 1 atom stereocenters. The standard InChI is InChI=1S/C13H19NO/c1-13-7-4-6-10-5-2-3-8-14(12(10)13)11(15)9-13/h2-9H2,1H3. The Balaban J connectivity index is 2.11. The van der Waals surface area contributed by atoms with Crippen molar-refractivity contribution in [3.05, 3.63) is 11.3 Å². The van der Waals surface area contributed by atoms with Gasteiger partial charge in [-0.2, -0.15) is 0 Å². The van der Waals surface area contributed by atoms with Gasteiger partial charge in [-0.05, 0) is 38.5 Å². The van der Waals surface area contributed by atoms with Crippen LogP contribution in [0.25, 0.3) is 0 Å². The van der Waals surface area contributed by atoms with Gasteiger partial charge in [0.05, 0.1) is 0 Å². The number of rotatable bonds is 0. The molecule has 0 aromatic heterocycles. The number of allylic oxidation sites excluding steroid dienone is 2. The molecule has 15 heavy (non-hydrogen) atoms. The lowest BCUT2D eigenvalue weighted by molar-refractivity contribution is -0.127. The van der Waals surface area contributed by atoms with Crippen LogP contribution < -0.4 is 0 Å². The SMILES string of the molecule is CC12CCCC3=C1N(CCCC3)C(=O)C2. The largest absolute Gasteiger partial charge is 0.316 e. The molecule has 1 saturated heterocycles. The Labute approximate surface area is 91.3 Å². The van der Waals surface area contributed by atoms with Crippen LogP contribution in [0, 0.1) is 5.41 Å². The second-order valence-corrected chi connectivity index (χ2v) is 5.55. The molecule has 0 aromatic carbocycles. The van der Waals surface area contributed by atoms with Crippen molar-refractivity contribution in [2.45, 2.75) is 51.9 Å². The van der Waals surface area contributed by atoms with Crippen LogP contribution in [0.2, 0.25) is 0 Å². The summed E-state index contributed by atoms with van der Waals surface area (Å²) in [5, 5.41) is 0. The smallest absolute Gasteiger partial charge is 0.227 e. The second-order valence-electron chi connectivity index (χ2n) is 5.55. The number of hydrogen-bond acceptors (Lipinski definition) is 1. The summed E-state index contributed by atoms with van der Waals surface area (Å²) >= 11 is 0. The fraction of sp³-hybridized carbons (Fsp3) is 0.769. The zero-order valence-electron chi connectivity index (χ0n) is 9.51. The lowest BCUT2D eigenvalue weighted by Crippen LogP contribution is -2.28. The third-order valence-corrected chi connectivity index (χ3v) is 4.34. The minimum Gasteiger partial charge on any atom is -0.316 e. The zero-order chi connectivity index (χ0) is 10.5. The van der Waals surface area contributed by atoms with E-state index in [1.165, 1.54) is 44.2 Å². The van der Waals surface area contributed by atoms with E-state index in [0.29, 0.717) is 5.91 Å². The molecule has 0 saturated carbocycles. The summed E-state index contributed by atoms with van der Waals surface area (Å²) in [5.74, 6) is 0.383. The Morgan fingerprint density at radius 1 is 1.20 bits per heavy atom. The topological polar surface area (TPSA) is 20.3 Å².